The number of amides is 3. The molecule has 0 saturated heterocycles. The number of benzene rings is 1. The maximum absolute atomic E-state index is 13.6. The van der Waals surface area contributed by atoms with Gasteiger partial charge in [0.25, 0.3) is 0 Å². The van der Waals surface area contributed by atoms with Crippen molar-refractivity contribution in [1.29, 1.82) is 0 Å². The number of phenols is 1. The molecule has 11 heteroatoms. The van der Waals surface area contributed by atoms with Gasteiger partial charge in [-0.05, 0) is 63.8 Å². The van der Waals surface area contributed by atoms with Gasteiger partial charge in [-0.2, -0.15) is 12.6 Å². The van der Waals surface area contributed by atoms with Crippen LogP contribution in [0, 0.1) is 6.92 Å². The number of hydrogen-bond donors (Lipinski definition) is 4. The monoisotopic (exact) mass is 495 g/mol. The highest BCUT2D eigenvalue weighted by atomic mass is 32.1. The number of nitrogens with zero attached hydrogens (tertiary/aromatic N) is 1. The van der Waals surface area contributed by atoms with Crippen LogP contribution in [0.5, 0.6) is 5.75 Å². The van der Waals surface area contributed by atoms with E-state index in [1.165, 1.54) is 18.1 Å². The van der Waals surface area contributed by atoms with Gasteiger partial charge in [0.1, 0.15) is 30.0 Å². The fourth-order valence-corrected chi connectivity index (χ4v) is 3.55. The summed E-state index contributed by atoms with van der Waals surface area (Å²) in [6.45, 7) is 6.41. The number of ether oxygens (including phenoxy) is 2. The van der Waals surface area contributed by atoms with Crippen LogP contribution < -0.4 is 10.6 Å². The van der Waals surface area contributed by atoms with Gasteiger partial charge in [0, 0.05) is 11.8 Å². The van der Waals surface area contributed by atoms with Crippen molar-refractivity contribution in [2.24, 2.45) is 0 Å². The molecule has 3 N–H and O–H groups in total. The molecule has 1 aliphatic carbocycles. The Morgan fingerprint density at radius 3 is 2.38 bits per heavy atom. The van der Waals surface area contributed by atoms with Crippen molar-refractivity contribution in [2.45, 2.75) is 64.3 Å². The van der Waals surface area contributed by atoms with Gasteiger partial charge in [-0.1, -0.05) is 6.07 Å². The predicted octanol–water partition coefficient (Wildman–Crippen LogP) is 1.85. The Morgan fingerprint density at radius 2 is 1.88 bits per heavy atom. The molecule has 0 bridgehead atoms. The number of phenolic OH excluding ortho intramolecular Hbond substituents is 1. The Morgan fingerprint density at radius 1 is 1.24 bits per heavy atom. The van der Waals surface area contributed by atoms with Crippen molar-refractivity contribution in [2.75, 3.05) is 19.4 Å². The van der Waals surface area contributed by atoms with Crippen molar-refractivity contribution in [1.82, 2.24) is 15.5 Å². The summed E-state index contributed by atoms with van der Waals surface area (Å²) in [5.74, 6) is -1.72. The molecule has 2 rings (SSSR count). The van der Waals surface area contributed by atoms with Crippen LogP contribution in [0.1, 0.15) is 50.8 Å². The second-order valence-corrected chi connectivity index (χ2v) is 9.47. The molecule has 1 aromatic rings. The molecule has 0 aromatic heterocycles. The lowest BCUT2D eigenvalue weighted by atomic mass is 10.00. The minimum Gasteiger partial charge on any atom is -0.508 e. The van der Waals surface area contributed by atoms with Gasteiger partial charge in [0.2, 0.25) is 11.8 Å². The topological polar surface area (TPSA) is 134 Å². The molecule has 0 aliphatic heterocycles. The Balaban J connectivity index is 2.39. The molecule has 1 saturated carbocycles. The zero-order valence-corrected chi connectivity index (χ0v) is 21.0. The minimum atomic E-state index is -1.10. The van der Waals surface area contributed by atoms with Crippen LogP contribution in [-0.2, 0) is 23.9 Å². The summed E-state index contributed by atoms with van der Waals surface area (Å²) in [4.78, 5) is 52.2. The second-order valence-electron chi connectivity index (χ2n) is 9.10. The maximum atomic E-state index is 13.6. The van der Waals surface area contributed by atoms with E-state index in [1.54, 1.807) is 39.8 Å². The summed E-state index contributed by atoms with van der Waals surface area (Å²) in [5.41, 5.74) is 0.210. The average Bonchev–Trinajstić information content (AvgIpc) is 3.59. The number of alkyl carbamates (subject to hydrolysis) is 1. The summed E-state index contributed by atoms with van der Waals surface area (Å²) in [6.07, 6.45) is 0.577. The second kappa shape index (κ2) is 11.5. The molecule has 0 spiro atoms. The Labute approximate surface area is 204 Å². The molecular formula is C23H33N3O7S. The fourth-order valence-electron chi connectivity index (χ4n) is 3.30. The molecule has 0 heterocycles. The third kappa shape index (κ3) is 7.54. The van der Waals surface area contributed by atoms with Gasteiger partial charge < -0.3 is 30.1 Å². The number of carbonyl (C=O) groups is 4. The quantitative estimate of drug-likeness (QED) is 0.303. The van der Waals surface area contributed by atoms with Crippen LogP contribution in [0.4, 0.5) is 4.79 Å². The minimum absolute atomic E-state index is 0.0214. The van der Waals surface area contributed by atoms with Crippen molar-refractivity contribution < 1.29 is 33.8 Å². The summed E-state index contributed by atoms with van der Waals surface area (Å²) in [7, 11) is 1.20. The van der Waals surface area contributed by atoms with Gasteiger partial charge in [-0.3, -0.25) is 14.4 Å². The number of esters is 1. The van der Waals surface area contributed by atoms with Crippen molar-refractivity contribution in [3.8, 4) is 5.75 Å². The molecule has 1 fully saturated rings. The first kappa shape index (κ1) is 27.3. The molecule has 2 atom stereocenters. The summed E-state index contributed by atoms with van der Waals surface area (Å²) in [5, 5.41) is 15.0. The van der Waals surface area contributed by atoms with E-state index < -0.39 is 41.6 Å². The van der Waals surface area contributed by atoms with Crippen LogP contribution in [0.15, 0.2) is 18.2 Å². The zero-order valence-electron chi connectivity index (χ0n) is 20.1. The number of thiol groups is 1. The molecule has 2 unspecified atom stereocenters. The highest BCUT2D eigenvalue weighted by molar-refractivity contribution is 7.80. The van der Waals surface area contributed by atoms with Crippen LogP contribution in [0.3, 0.4) is 0 Å². The van der Waals surface area contributed by atoms with Gasteiger partial charge in [0.15, 0.2) is 0 Å². The van der Waals surface area contributed by atoms with E-state index in [9.17, 15) is 24.3 Å². The normalized spacial score (nSPS) is 15.0. The summed E-state index contributed by atoms with van der Waals surface area (Å²) in [6, 6.07) is 2.20. The molecule has 3 amide bonds. The van der Waals surface area contributed by atoms with Crippen LogP contribution in [0.2, 0.25) is 0 Å². The first-order valence-electron chi connectivity index (χ1n) is 10.9. The largest absolute Gasteiger partial charge is 0.508 e. The Bertz CT molecular complexity index is 928. The van der Waals surface area contributed by atoms with E-state index in [0.717, 1.165) is 0 Å². The maximum Gasteiger partial charge on any atom is 0.408 e. The van der Waals surface area contributed by atoms with E-state index in [0.29, 0.717) is 24.0 Å². The molecule has 1 aromatic carbocycles. The molecule has 188 valence electrons. The highest BCUT2D eigenvalue weighted by Crippen LogP contribution is 2.36. The zero-order chi connectivity index (χ0) is 25.6. The molecule has 1 aliphatic rings. The van der Waals surface area contributed by atoms with E-state index in [4.69, 9.17) is 4.74 Å². The lowest BCUT2D eigenvalue weighted by molar-refractivity contribution is -0.145. The molecule has 0 radical (unpaired) electrons. The summed E-state index contributed by atoms with van der Waals surface area (Å²) >= 11 is 4.23. The lowest BCUT2D eigenvalue weighted by Gasteiger charge is -2.34. The van der Waals surface area contributed by atoms with E-state index in [-0.39, 0.29) is 24.1 Å². The first-order chi connectivity index (χ1) is 15.9. The number of hydrogen-bond acceptors (Lipinski definition) is 8. The fraction of sp³-hybridized carbons (Fsp3) is 0.565. The first-order valence-corrected chi connectivity index (χ1v) is 11.6. The molecule has 34 heavy (non-hydrogen) atoms. The van der Waals surface area contributed by atoms with E-state index in [2.05, 4.69) is 28.0 Å². The number of aromatic hydroxyl groups is 1. The third-order valence-corrected chi connectivity index (χ3v) is 5.43. The number of rotatable bonds is 9. The number of carbonyl (C=O) groups excluding carboxylic acids is 4. The number of methoxy groups -OCH3 is 1. The van der Waals surface area contributed by atoms with E-state index >= 15 is 0 Å². The van der Waals surface area contributed by atoms with Crippen molar-refractivity contribution >= 4 is 36.5 Å². The number of aryl methyl sites for hydroxylation is 1. The lowest BCUT2D eigenvalue weighted by Crippen LogP contribution is -2.54. The van der Waals surface area contributed by atoms with Crippen molar-refractivity contribution in [3.05, 3.63) is 29.3 Å². The number of nitrogens with one attached hydrogen (secondary N) is 2. The smallest absolute Gasteiger partial charge is 0.408 e. The van der Waals surface area contributed by atoms with Crippen LogP contribution in [0.25, 0.3) is 0 Å². The highest BCUT2D eigenvalue weighted by Gasteiger charge is 2.44. The Hall–Kier alpha value is -2.95. The standard InChI is InChI=1S/C23H33N3O7S/c1-13-10-14(6-9-17(13)27)19(20(29)24-11-18(28)32-5)26(15-7-8-15)21(30)16(12-34)25-22(31)33-23(2,3)4/h6,9-10,15-16,19,27,34H,7-8,11-12H2,1-5H3,(H,24,29)(H,25,31). The predicted molar refractivity (Wildman–Crippen MR) is 127 cm³/mol. The molecular weight excluding hydrogens is 462 g/mol. The summed E-state index contributed by atoms with van der Waals surface area (Å²) < 4.78 is 9.85. The van der Waals surface area contributed by atoms with Crippen LogP contribution in [-0.4, -0.2) is 71.0 Å². The third-order valence-electron chi connectivity index (χ3n) is 5.06. The van der Waals surface area contributed by atoms with Gasteiger partial charge in [0.05, 0.1) is 7.11 Å². The Kier molecular flexibility index (Phi) is 9.20. The van der Waals surface area contributed by atoms with Gasteiger partial charge >= 0.3 is 12.1 Å². The van der Waals surface area contributed by atoms with Gasteiger partial charge in [-0.25, -0.2) is 4.79 Å². The van der Waals surface area contributed by atoms with Crippen LogP contribution >= 0.6 is 12.6 Å². The van der Waals surface area contributed by atoms with E-state index in [1.807, 2.05) is 0 Å². The molecule has 10 nitrogen and oxygen atoms in total. The average molecular weight is 496 g/mol. The van der Waals surface area contributed by atoms with Crippen molar-refractivity contribution in [3.63, 3.8) is 0 Å². The SMILES string of the molecule is COC(=O)CNC(=O)C(c1ccc(O)c(C)c1)N(C(=O)C(CS)NC(=O)OC(C)(C)C)C1CC1. The van der Waals surface area contributed by atoms with Gasteiger partial charge in [-0.15, -0.1) is 0 Å².